The summed E-state index contributed by atoms with van der Waals surface area (Å²) in [5, 5.41) is 0.525. The van der Waals surface area contributed by atoms with E-state index < -0.39 is 11.8 Å². The number of hydrogen-bond acceptors (Lipinski definition) is 3. The number of methoxy groups -OCH3 is 1. The minimum absolute atomic E-state index is 0.379. The van der Waals surface area contributed by atoms with E-state index in [1.807, 2.05) is 54.6 Å². The topological polar surface area (TPSA) is 67.4 Å². The van der Waals surface area contributed by atoms with Crippen LogP contribution in [0.5, 0.6) is 5.75 Å². The molecule has 5 nitrogen and oxygen atoms in total. The van der Waals surface area contributed by atoms with E-state index in [9.17, 15) is 9.59 Å². The second-order valence-corrected chi connectivity index (χ2v) is 6.52. The van der Waals surface area contributed by atoms with Gasteiger partial charge in [-0.3, -0.25) is 20.4 Å². The Hall–Kier alpha value is -3.57. The largest absolute Gasteiger partial charge is 0.496 e. The highest BCUT2D eigenvalue weighted by Gasteiger charge is 2.15. The zero-order valence-electron chi connectivity index (χ0n) is 15.7. The second-order valence-electron chi connectivity index (χ2n) is 6.08. The monoisotopic (exact) mass is 406 g/mol. The normalized spacial score (nSPS) is 10.9. The summed E-state index contributed by atoms with van der Waals surface area (Å²) in [6, 6.07) is 22.9. The fourth-order valence-corrected chi connectivity index (χ4v) is 2.82. The third-order valence-corrected chi connectivity index (χ3v) is 4.42. The van der Waals surface area contributed by atoms with Crippen LogP contribution in [0.4, 0.5) is 0 Å². The molecule has 2 N–H and O–H groups in total. The van der Waals surface area contributed by atoms with Crippen molar-refractivity contribution in [2.45, 2.75) is 0 Å². The van der Waals surface area contributed by atoms with Gasteiger partial charge in [0.2, 0.25) is 0 Å². The van der Waals surface area contributed by atoms with Crippen LogP contribution < -0.4 is 15.6 Å². The van der Waals surface area contributed by atoms with E-state index in [0.717, 1.165) is 5.56 Å². The number of ether oxygens (including phenoxy) is 1. The van der Waals surface area contributed by atoms with Crippen LogP contribution in [0, 0.1) is 0 Å². The van der Waals surface area contributed by atoms with Crippen LogP contribution in [0.3, 0.4) is 0 Å². The maximum absolute atomic E-state index is 12.9. The van der Waals surface area contributed by atoms with Crippen molar-refractivity contribution < 1.29 is 14.3 Å². The Morgan fingerprint density at radius 1 is 0.828 bits per heavy atom. The van der Waals surface area contributed by atoms with Gasteiger partial charge in [-0.1, -0.05) is 60.1 Å². The van der Waals surface area contributed by atoms with Gasteiger partial charge in [0, 0.05) is 21.7 Å². The van der Waals surface area contributed by atoms with Crippen molar-refractivity contribution >= 4 is 35.1 Å². The summed E-state index contributed by atoms with van der Waals surface area (Å²) in [5.41, 5.74) is 7.11. The lowest BCUT2D eigenvalue weighted by Gasteiger charge is -2.12. The molecule has 0 aromatic heterocycles. The van der Waals surface area contributed by atoms with E-state index in [-0.39, 0.29) is 0 Å². The maximum atomic E-state index is 12.9. The highest BCUT2D eigenvalue weighted by Crippen LogP contribution is 2.24. The first kappa shape index (κ1) is 20.2. The average molecular weight is 407 g/mol. The Bertz CT molecular complexity index is 1030. The molecule has 0 aliphatic carbocycles. The number of para-hydroxylation sites is 1. The number of carbonyl (C=O) groups is 2. The Kier molecular flexibility index (Phi) is 6.66. The summed E-state index contributed by atoms with van der Waals surface area (Å²) in [6.45, 7) is 0. The van der Waals surface area contributed by atoms with Gasteiger partial charge in [0.05, 0.1) is 7.11 Å². The standard InChI is InChI=1S/C23H19ClN2O3/c1-29-21-10-6-5-9-18(21)15-20(16-7-3-2-4-8-16)23(28)26-25-22(27)17-11-13-19(24)14-12-17/h2-15H,1H3,(H,25,27)(H,26,28)/b20-15+. The van der Waals surface area contributed by atoms with Crippen molar-refractivity contribution in [1.82, 2.24) is 10.9 Å². The molecule has 0 unspecified atom stereocenters. The molecule has 0 saturated heterocycles. The summed E-state index contributed by atoms with van der Waals surface area (Å²) in [4.78, 5) is 25.2. The van der Waals surface area contributed by atoms with E-state index in [1.165, 1.54) is 0 Å². The zero-order valence-corrected chi connectivity index (χ0v) is 16.4. The lowest BCUT2D eigenvalue weighted by molar-refractivity contribution is -0.116. The number of rotatable bonds is 5. The SMILES string of the molecule is COc1ccccc1/C=C(/C(=O)NNC(=O)c1ccc(Cl)cc1)c1ccccc1. The molecule has 0 spiro atoms. The highest BCUT2D eigenvalue weighted by atomic mass is 35.5. The molecule has 6 heteroatoms. The lowest BCUT2D eigenvalue weighted by Crippen LogP contribution is -2.42. The van der Waals surface area contributed by atoms with Crippen molar-refractivity contribution in [2.75, 3.05) is 7.11 Å². The smallest absolute Gasteiger partial charge is 0.270 e. The fourth-order valence-electron chi connectivity index (χ4n) is 2.69. The summed E-state index contributed by atoms with van der Waals surface area (Å²) in [5.74, 6) is -0.261. The Labute approximate surface area is 173 Å². The predicted molar refractivity (Wildman–Crippen MR) is 114 cm³/mol. The van der Waals surface area contributed by atoms with E-state index in [4.69, 9.17) is 16.3 Å². The predicted octanol–water partition coefficient (Wildman–Crippen LogP) is 4.35. The van der Waals surface area contributed by atoms with Crippen molar-refractivity contribution in [3.8, 4) is 5.75 Å². The number of hydrazine groups is 1. The molecule has 3 aromatic carbocycles. The van der Waals surface area contributed by atoms with Crippen LogP contribution >= 0.6 is 11.6 Å². The first-order valence-corrected chi connectivity index (χ1v) is 9.22. The number of amides is 2. The number of carbonyl (C=O) groups excluding carboxylic acids is 2. The third kappa shape index (κ3) is 5.24. The number of nitrogens with one attached hydrogen (secondary N) is 2. The summed E-state index contributed by atoms with van der Waals surface area (Å²) in [6.07, 6.45) is 1.72. The molecule has 146 valence electrons. The molecule has 0 aliphatic heterocycles. The van der Waals surface area contributed by atoms with Crippen LogP contribution in [0.1, 0.15) is 21.5 Å². The highest BCUT2D eigenvalue weighted by molar-refractivity contribution is 6.30. The van der Waals surface area contributed by atoms with E-state index in [0.29, 0.717) is 27.5 Å². The molecular formula is C23H19ClN2O3. The van der Waals surface area contributed by atoms with Gasteiger partial charge < -0.3 is 4.74 Å². The minimum atomic E-state index is -0.454. The molecule has 0 heterocycles. The van der Waals surface area contributed by atoms with Crippen molar-refractivity contribution in [3.05, 3.63) is 101 Å². The van der Waals surface area contributed by atoms with E-state index in [1.54, 1.807) is 37.5 Å². The molecule has 0 fully saturated rings. The quantitative estimate of drug-likeness (QED) is 0.376. The van der Waals surface area contributed by atoms with Gasteiger partial charge in [-0.2, -0.15) is 0 Å². The molecule has 3 aromatic rings. The third-order valence-electron chi connectivity index (χ3n) is 4.16. The molecule has 0 atom stereocenters. The summed E-state index contributed by atoms with van der Waals surface area (Å²) < 4.78 is 5.37. The van der Waals surface area contributed by atoms with Gasteiger partial charge >= 0.3 is 0 Å². The molecule has 0 radical (unpaired) electrons. The van der Waals surface area contributed by atoms with Gasteiger partial charge in [-0.25, -0.2) is 0 Å². The number of benzene rings is 3. The van der Waals surface area contributed by atoms with Gasteiger partial charge in [0.15, 0.2) is 0 Å². The van der Waals surface area contributed by atoms with Gasteiger partial charge in [-0.05, 0) is 42.0 Å². The number of hydrogen-bond donors (Lipinski definition) is 2. The molecule has 29 heavy (non-hydrogen) atoms. The molecule has 0 saturated carbocycles. The van der Waals surface area contributed by atoms with E-state index in [2.05, 4.69) is 10.9 Å². The number of halogens is 1. The van der Waals surface area contributed by atoms with Gasteiger partial charge in [-0.15, -0.1) is 0 Å². The summed E-state index contributed by atoms with van der Waals surface area (Å²) >= 11 is 5.84. The maximum Gasteiger partial charge on any atom is 0.270 e. The van der Waals surface area contributed by atoms with Crippen LogP contribution in [0.15, 0.2) is 78.9 Å². The van der Waals surface area contributed by atoms with Crippen LogP contribution in [0.25, 0.3) is 11.6 Å². The second kappa shape index (κ2) is 9.57. The zero-order chi connectivity index (χ0) is 20.6. The fraction of sp³-hybridized carbons (Fsp3) is 0.0435. The van der Waals surface area contributed by atoms with Crippen LogP contribution in [0.2, 0.25) is 5.02 Å². The Morgan fingerprint density at radius 2 is 1.48 bits per heavy atom. The van der Waals surface area contributed by atoms with Crippen LogP contribution in [-0.4, -0.2) is 18.9 Å². The molecule has 2 amide bonds. The van der Waals surface area contributed by atoms with Crippen molar-refractivity contribution in [3.63, 3.8) is 0 Å². The van der Waals surface area contributed by atoms with Gasteiger partial charge in [0.25, 0.3) is 11.8 Å². The van der Waals surface area contributed by atoms with Crippen molar-refractivity contribution in [1.29, 1.82) is 0 Å². The van der Waals surface area contributed by atoms with Gasteiger partial charge in [0.1, 0.15) is 5.75 Å². The lowest BCUT2D eigenvalue weighted by atomic mass is 10.0. The van der Waals surface area contributed by atoms with Crippen molar-refractivity contribution in [2.24, 2.45) is 0 Å². The average Bonchev–Trinajstić information content (AvgIpc) is 2.77. The Morgan fingerprint density at radius 3 is 2.17 bits per heavy atom. The minimum Gasteiger partial charge on any atom is -0.496 e. The van der Waals surface area contributed by atoms with Crippen LogP contribution in [-0.2, 0) is 4.79 Å². The van der Waals surface area contributed by atoms with E-state index >= 15 is 0 Å². The first-order chi connectivity index (χ1) is 14.1. The molecule has 3 rings (SSSR count). The first-order valence-electron chi connectivity index (χ1n) is 8.85. The molecule has 0 aliphatic rings. The molecule has 0 bridgehead atoms. The summed E-state index contributed by atoms with van der Waals surface area (Å²) in [7, 11) is 1.57. The Balaban J connectivity index is 1.84. The molecular weight excluding hydrogens is 388 g/mol.